The number of anilines is 1. The van der Waals surface area contributed by atoms with Crippen molar-refractivity contribution >= 4 is 29.1 Å². The zero-order valence-electron chi connectivity index (χ0n) is 12.0. The van der Waals surface area contributed by atoms with Gasteiger partial charge in [0, 0.05) is 48.2 Å². The van der Waals surface area contributed by atoms with E-state index in [1.165, 1.54) is 0 Å². The Kier molecular flexibility index (Phi) is 4.60. The highest BCUT2D eigenvalue weighted by Crippen LogP contribution is 2.24. The number of thioether (sulfide) groups is 1. The van der Waals surface area contributed by atoms with Crippen LogP contribution >= 0.6 is 11.8 Å². The third kappa shape index (κ3) is 3.66. The van der Waals surface area contributed by atoms with Gasteiger partial charge in [0.1, 0.15) is 0 Å². The number of fused-ring (bicyclic) bond motifs is 1. The highest BCUT2D eigenvalue weighted by molar-refractivity contribution is 7.99. The van der Waals surface area contributed by atoms with E-state index in [-0.39, 0.29) is 17.7 Å². The molecule has 1 atom stereocenters. The molecule has 0 radical (unpaired) electrons. The van der Waals surface area contributed by atoms with Gasteiger partial charge >= 0.3 is 0 Å². The molecule has 0 saturated carbocycles. The first-order valence-electron chi connectivity index (χ1n) is 7.49. The van der Waals surface area contributed by atoms with Crippen molar-refractivity contribution in [3.8, 4) is 0 Å². The Hall–Kier alpha value is -1.33. The van der Waals surface area contributed by atoms with Crippen LogP contribution in [0.2, 0.25) is 0 Å². The van der Waals surface area contributed by atoms with Crippen molar-refractivity contribution in [3.63, 3.8) is 0 Å². The first-order valence-corrected chi connectivity index (χ1v) is 8.65. The minimum absolute atomic E-state index is 0.0122. The molecular weight excluding hydrogens is 284 g/mol. The second-order valence-corrected chi connectivity index (χ2v) is 6.78. The van der Waals surface area contributed by atoms with Crippen molar-refractivity contribution in [2.24, 2.45) is 0 Å². The molecule has 3 rings (SSSR count). The Balaban J connectivity index is 1.63. The Labute approximate surface area is 129 Å². The molecule has 1 saturated heterocycles. The number of aryl methyl sites for hydroxylation is 1. The van der Waals surface area contributed by atoms with E-state index in [9.17, 15) is 9.59 Å². The van der Waals surface area contributed by atoms with E-state index < -0.39 is 0 Å². The standard InChI is InChI=1S/C16H20N2O2S/c19-15-3-1-2-11-4-5-12(8-14(11)15)18-16(20)9-13-10-21-7-6-17-13/h4-5,8,13,17H,1-3,6-7,9-10H2,(H,18,20). The number of rotatable bonds is 3. The van der Waals surface area contributed by atoms with Crippen LogP contribution in [0.1, 0.15) is 35.2 Å². The van der Waals surface area contributed by atoms with Gasteiger partial charge in [-0.2, -0.15) is 11.8 Å². The molecule has 112 valence electrons. The van der Waals surface area contributed by atoms with E-state index in [1.54, 1.807) is 0 Å². The van der Waals surface area contributed by atoms with E-state index in [1.807, 2.05) is 30.0 Å². The van der Waals surface area contributed by atoms with Crippen molar-refractivity contribution in [1.82, 2.24) is 5.32 Å². The zero-order valence-corrected chi connectivity index (χ0v) is 12.8. The lowest BCUT2D eigenvalue weighted by Crippen LogP contribution is -2.39. The maximum Gasteiger partial charge on any atom is 0.225 e. The summed E-state index contributed by atoms with van der Waals surface area (Å²) in [5, 5.41) is 6.28. The molecule has 21 heavy (non-hydrogen) atoms. The van der Waals surface area contributed by atoms with Crippen LogP contribution in [0.4, 0.5) is 5.69 Å². The summed E-state index contributed by atoms with van der Waals surface area (Å²) in [6.07, 6.45) is 2.99. The van der Waals surface area contributed by atoms with E-state index in [4.69, 9.17) is 0 Å². The largest absolute Gasteiger partial charge is 0.326 e. The van der Waals surface area contributed by atoms with E-state index >= 15 is 0 Å². The summed E-state index contributed by atoms with van der Waals surface area (Å²) in [6.45, 7) is 0.968. The van der Waals surface area contributed by atoms with E-state index in [0.717, 1.165) is 47.7 Å². The second kappa shape index (κ2) is 6.62. The van der Waals surface area contributed by atoms with Crippen molar-refractivity contribution in [1.29, 1.82) is 0 Å². The lowest BCUT2D eigenvalue weighted by Gasteiger charge is -2.22. The predicted octanol–water partition coefficient (Wildman–Crippen LogP) is 2.24. The average Bonchev–Trinajstić information content (AvgIpc) is 2.49. The number of hydrogen-bond acceptors (Lipinski definition) is 4. The Morgan fingerprint density at radius 1 is 1.38 bits per heavy atom. The third-order valence-corrected chi connectivity index (χ3v) is 5.11. The topological polar surface area (TPSA) is 58.2 Å². The molecule has 1 unspecified atom stereocenters. The van der Waals surface area contributed by atoms with Gasteiger partial charge < -0.3 is 10.6 Å². The van der Waals surface area contributed by atoms with Crippen LogP contribution in [-0.2, 0) is 11.2 Å². The molecule has 2 N–H and O–H groups in total. The van der Waals surface area contributed by atoms with Gasteiger partial charge in [-0.25, -0.2) is 0 Å². The van der Waals surface area contributed by atoms with Crippen molar-refractivity contribution in [2.75, 3.05) is 23.4 Å². The molecule has 1 amide bonds. The first kappa shape index (κ1) is 14.6. The minimum atomic E-state index is 0.0122. The number of hydrogen-bond donors (Lipinski definition) is 2. The SMILES string of the molecule is O=C(CC1CSCCN1)Nc1ccc2c(c1)C(=O)CCC2. The molecule has 0 spiro atoms. The Morgan fingerprint density at radius 3 is 3.10 bits per heavy atom. The molecule has 0 bridgehead atoms. The first-order chi connectivity index (χ1) is 10.2. The van der Waals surface area contributed by atoms with Crippen LogP contribution in [0.3, 0.4) is 0 Å². The fourth-order valence-electron chi connectivity index (χ4n) is 2.89. The van der Waals surface area contributed by atoms with Gasteiger partial charge in [-0.15, -0.1) is 0 Å². The maximum absolute atomic E-state index is 12.1. The smallest absolute Gasteiger partial charge is 0.225 e. The van der Waals surface area contributed by atoms with Crippen LogP contribution in [0.15, 0.2) is 18.2 Å². The molecule has 5 heteroatoms. The van der Waals surface area contributed by atoms with Crippen molar-refractivity contribution in [3.05, 3.63) is 29.3 Å². The maximum atomic E-state index is 12.1. The molecule has 0 aromatic heterocycles. The molecule has 4 nitrogen and oxygen atoms in total. The summed E-state index contributed by atoms with van der Waals surface area (Å²) in [4.78, 5) is 24.0. The third-order valence-electron chi connectivity index (χ3n) is 3.97. The normalized spacial score (nSPS) is 21.7. The lowest BCUT2D eigenvalue weighted by molar-refractivity contribution is -0.116. The fourth-order valence-corrected chi connectivity index (χ4v) is 3.84. The quantitative estimate of drug-likeness (QED) is 0.899. The van der Waals surface area contributed by atoms with Gasteiger partial charge in [-0.1, -0.05) is 6.07 Å². The van der Waals surface area contributed by atoms with Gasteiger partial charge in [0.25, 0.3) is 0 Å². The van der Waals surface area contributed by atoms with Crippen LogP contribution in [0.5, 0.6) is 0 Å². The van der Waals surface area contributed by atoms with Crippen molar-refractivity contribution < 1.29 is 9.59 Å². The molecular formula is C16H20N2O2S. The van der Waals surface area contributed by atoms with Crippen LogP contribution in [-0.4, -0.2) is 35.8 Å². The van der Waals surface area contributed by atoms with Gasteiger partial charge in [-0.3, -0.25) is 9.59 Å². The number of ketones is 1. The summed E-state index contributed by atoms with van der Waals surface area (Å²) in [7, 11) is 0. The van der Waals surface area contributed by atoms with Gasteiger partial charge in [0.2, 0.25) is 5.91 Å². The van der Waals surface area contributed by atoms with Gasteiger partial charge in [-0.05, 0) is 30.5 Å². The molecule has 1 fully saturated rings. The number of nitrogens with one attached hydrogen (secondary N) is 2. The molecule has 1 aliphatic carbocycles. The van der Waals surface area contributed by atoms with E-state index in [2.05, 4.69) is 10.6 Å². The minimum Gasteiger partial charge on any atom is -0.326 e. The van der Waals surface area contributed by atoms with Crippen molar-refractivity contribution in [2.45, 2.75) is 31.7 Å². The molecule has 1 aliphatic heterocycles. The number of carbonyl (C=O) groups excluding carboxylic acids is 2. The number of carbonyl (C=O) groups is 2. The highest BCUT2D eigenvalue weighted by atomic mass is 32.2. The molecule has 1 heterocycles. The highest BCUT2D eigenvalue weighted by Gasteiger charge is 2.19. The second-order valence-electron chi connectivity index (χ2n) is 5.63. The van der Waals surface area contributed by atoms with Crippen LogP contribution < -0.4 is 10.6 Å². The summed E-state index contributed by atoms with van der Waals surface area (Å²) in [5.41, 5.74) is 2.62. The van der Waals surface area contributed by atoms with Crippen LogP contribution in [0, 0.1) is 0 Å². The molecule has 1 aromatic rings. The van der Waals surface area contributed by atoms with Gasteiger partial charge in [0.05, 0.1) is 0 Å². The number of Topliss-reactive ketones (excluding diaryl/α,β-unsaturated/α-hetero) is 1. The molecule has 2 aliphatic rings. The van der Waals surface area contributed by atoms with E-state index in [0.29, 0.717) is 12.8 Å². The lowest BCUT2D eigenvalue weighted by atomic mass is 9.90. The Morgan fingerprint density at radius 2 is 2.29 bits per heavy atom. The average molecular weight is 304 g/mol. The predicted molar refractivity (Wildman–Crippen MR) is 86.1 cm³/mol. The summed E-state index contributed by atoms with van der Waals surface area (Å²) < 4.78 is 0. The number of amides is 1. The zero-order chi connectivity index (χ0) is 14.7. The Bertz CT molecular complexity index is 553. The monoisotopic (exact) mass is 304 g/mol. The fraction of sp³-hybridized carbons (Fsp3) is 0.500. The summed E-state index contributed by atoms with van der Waals surface area (Å²) >= 11 is 1.88. The summed E-state index contributed by atoms with van der Waals surface area (Å²) in [5.74, 6) is 2.30. The summed E-state index contributed by atoms with van der Waals surface area (Å²) in [6, 6.07) is 5.95. The molecule has 1 aromatic carbocycles. The number of benzene rings is 1. The van der Waals surface area contributed by atoms with Gasteiger partial charge in [0.15, 0.2) is 5.78 Å². The van der Waals surface area contributed by atoms with Crippen LogP contribution in [0.25, 0.3) is 0 Å².